The van der Waals surface area contributed by atoms with Crippen LogP contribution in [0.2, 0.25) is 0 Å². The molecule has 0 spiro atoms. The van der Waals surface area contributed by atoms with E-state index in [0.29, 0.717) is 19.6 Å². The number of hydrogen-bond donors (Lipinski definition) is 1. The fraction of sp³-hybridized carbons (Fsp3) is 0.940. The van der Waals surface area contributed by atoms with Gasteiger partial charge in [-0.15, -0.1) is 0 Å². The highest BCUT2D eigenvalue weighted by Crippen LogP contribution is 2.17. The molecule has 0 radical (unpaired) electrons. The number of aliphatic hydroxyl groups is 1. The molecule has 0 aromatic carbocycles. The smallest absolute Gasteiger partial charge is 0.306 e. The van der Waals surface area contributed by atoms with Gasteiger partial charge in [-0.1, -0.05) is 244 Å². The van der Waals surface area contributed by atoms with E-state index in [1.807, 2.05) is 0 Å². The van der Waals surface area contributed by atoms with E-state index in [2.05, 4.69) is 26.0 Å². The Morgan fingerprint density at radius 3 is 1.06 bits per heavy atom. The van der Waals surface area contributed by atoms with Gasteiger partial charge in [0, 0.05) is 13.0 Å². The van der Waals surface area contributed by atoms with Gasteiger partial charge in [0.15, 0.2) is 0 Å². The number of hydrogen-bond acceptors (Lipinski definition) is 4. The van der Waals surface area contributed by atoms with Crippen molar-refractivity contribution in [2.24, 2.45) is 0 Å². The summed E-state index contributed by atoms with van der Waals surface area (Å²) in [6.07, 6.45) is 58.7. The molecular formula is C50H98O4. The van der Waals surface area contributed by atoms with Gasteiger partial charge in [-0.25, -0.2) is 0 Å². The van der Waals surface area contributed by atoms with Crippen LogP contribution >= 0.6 is 0 Å². The van der Waals surface area contributed by atoms with Crippen molar-refractivity contribution in [3.8, 4) is 0 Å². The minimum atomic E-state index is -0.530. The first-order valence-electron chi connectivity index (χ1n) is 24.8. The maximum atomic E-state index is 12.3. The summed E-state index contributed by atoms with van der Waals surface area (Å²) in [6, 6.07) is 0. The standard InChI is InChI=1S/C50H98O4/c1-3-5-7-9-11-13-15-17-19-21-23-24-25-26-27-28-29-31-33-35-37-39-41-43-45-50(52)54-49(47-51)48-53-46-44-42-40-38-36-34-32-30-22-20-18-16-14-12-10-8-6-4-2/h18,20,49,51H,3-17,19,21-48H2,1-2H3/b20-18-. The van der Waals surface area contributed by atoms with Crippen LogP contribution in [0.15, 0.2) is 12.2 Å². The molecule has 4 heteroatoms. The molecule has 0 saturated heterocycles. The largest absolute Gasteiger partial charge is 0.457 e. The average molecular weight is 763 g/mol. The number of carbonyl (C=O) groups excluding carboxylic acids is 1. The number of unbranched alkanes of at least 4 members (excludes halogenated alkanes) is 37. The second-order valence-electron chi connectivity index (χ2n) is 16.9. The summed E-state index contributed by atoms with van der Waals surface area (Å²) < 4.78 is 11.2. The quantitative estimate of drug-likeness (QED) is 0.0381. The SMILES string of the molecule is CCCCCCCC/C=C\CCCCCCCCCCOCC(CO)OC(=O)CCCCCCCCCCCCCCCCCCCCCCCCCC. The monoisotopic (exact) mass is 763 g/mol. The average Bonchev–Trinajstić information content (AvgIpc) is 3.18. The molecule has 0 bridgehead atoms. The van der Waals surface area contributed by atoms with Crippen molar-refractivity contribution >= 4 is 5.97 Å². The first kappa shape index (κ1) is 53.1. The van der Waals surface area contributed by atoms with Crippen LogP contribution < -0.4 is 0 Å². The minimum absolute atomic E-state index is 0.167. The second-order valence-corrected chi connectivity index (χ2v) is 16.9. The molecule has 1 atom stereocenters. The van der Waals surface area contributed by atoms with E-state index in [1.165, 1.54) is 238 Å². The third-order valence-corrected chi connectivity index (χ3v) is 11.3. The molecule has 4 nitrogen and oxygen atoms in total. The van der Waals surface area contributed by atoms with Crippen LogP contribution in [0.25, 0.3) is 0 Å². The lowest BCUT2D eigenvalue weighted by molar-refractivity contribution is -0.154. The van der Waals surface area contributed by atoms with Crippen LogP contribution in [-0.4, -0.2) is 37.0 Å². The van der Waals surface area contributed by atoms with E-state index in [9.17, 15) is 9.90 Å². The van der Waals surface area contributed by atoms with E-state index in [-0.39, 0.29) is 12.6 Å². The summed E-state index contributed by atoms with van der Waals surface area (Å²) in [5.74, 6) is -0.194. The van der Waals surface area contributed by atoms with E-state index >= 15 is 0 Å². The molecule has 0 heterocycles. The molecule has 0 aromatic rings. The van der Waals surface area contributed by atoms with Gasteiger partial charge in [-0.3, -0.25) is 4.79 Å². The molecule has 0 amide bonds. The Morgan fingerprint density at radius 2 is 0.722 bits per heavy atom. The Hall–Kier alpha value is -0.870. The number of ether oxygens (including phenoxy) is 2. The highest BCUT2D eigenvalue weighted by Gasteiger charge is 2.13. The predicted octanol–water partition coefficient (Wildman–Crippen LogP) is 16.5. The van der Waals surface area contributed by atoms with Gasteiger partial charge in [0.25, 0.3) is 0 Å². The summed E-state index contributed by atoms with van der Waals surface area (Å²) in [6.45, 7) is 5.39. The Bertz CT molecular complexity index is 721. The van der Waals surface area contributed by atoms with Crippen LogP contribution in [0, 0.1) is 0 Å². The zero-order chi connectivity index (χ0) is 39.1. The van der Waals surface area contributed by atoms with Gasteiger partial charge >= 0.3 is 5.97 Å². The fourth-order valence-electron chi connectivity index (χ4n) is 7.62. The molecular weight excluding hydrogens is 665 g/mol. The molecule has 1 unspecified atom stereocenters. The summed E-state index contributed by atoms with van der Waals surface area (Å²) in [4.78, 5) is 12.3. The van der Waals surface area contributed by atoms with Crippen molar-refractivity contribution < 1.29 is 19.4 Å². The zero-order valence-corrected chi connectivity index (χ0v) is 37.0. The number of aliphatic hydroxyl groups excluding tert-OH is 1. The predicted molar refractivity (Wildman–Crippen MR) is 238 cm³/mol. The van der Waals surface area contributed by atoms with E-state index in [1.54, 1.807) is 0 Å². The lowest BCUT2D eigenvalue weighted by Gasteiger charge is -2.16. The van der Waals surface area contributed by atoms with Crippen LogP contribution in [0.4, 0.5) is 0 Å². The summed E-state index contributed by atoms with van der Waals surface area (Å²) in [7, 11) is 0. The lowest BCUT2D eigenvalue weighted by Crippen LogP contribution is -2.27. The van der Waals surface area contributed by atoms with Gasteiger partial charge in [-0.05, 0) is 38.5 Å². The number of allylic oxidation sites excluding steroid dienone is 2. The molecule has 0 saturated carbocycles. The van der Waals surface area contributed by atoms with E-state index < -0.39 is 6.10 Å². The summed E-state index contributed by atoms with van der Waals surface area (Å²) in [5.41, 5.74) is 0. The van der Waals surface area contributed by atoms with Gasteiger partial charge in [0.1, 0.15) is 6.10 Å². The number of esters is 1. The van der Waals surface area contributed by atoms with Gasteiger partial charge < -0.3 is 14.6 Å². The fourth-order valence-corrected chi connectivity index (χ4v) is 7.62. The van der Waals surface area contributed by atoms with Gasteiger partial charge in [0.05, 0.1) is 13.2 Å². The van der Waals surface area contributed by atoms with Gasteiger partial charge in [-0.2, -0.15) is 0 Å². The van der Waals surface area contributed by atoms with Crippen molar-refractivity contribution in [3.05, 3.63) is 12.2 Å². The summed E-state index contributed by atoms with van der Waals surface area (Å²) >= 11 is 0. The highest BCUT2D eigenvalue weighted by atomic mass is 16.6. The Morgan fingerprint density at radius 1 is 0.426 bits per heavy atom. The van der Waals surface area contributed by atoms with Crippen LogP contribution in [0.5, 0.6) is 0 Å². The van der Waals surface area contributed by atoms with Crippen molar-refractivity contribution in [1.82, 2.24) is 0 Å². The normalized spacial score (nSPS) is 12.3. The molecule has 0 aromatic heterocycles. The Labute approximate surface area is 339 Å². The molecule has 1 N–H and O–H groups in total. The van der Waals surface area contributed by atoms with Crippen molar-refractivity contribution in [3.63, 3.8) is 0 Å². The van der Waals surface area contributed by atoms with Crippen molar-refractivity contribution in [2.75, 3.05) is 19.8 Å². The van der Waals surface area contributed by atoms with E-state index in [4.69, 9.17) is 9.47 Å². The first-order chi connectivity index (χ1) is 26.7. The number of carbonyl (C=O) groups is 1. The van der Waals surface area contributed by atoms with Crippen molar-refractivity contribution in [2.45, 2.75) is 283 Å². The maximum absolute atomic E-state index is 12.3. The third kappa shape index (κ3) is 45.5. The topological polar surface area (TPSA) is 55.8 Å². The minimum Gasteiger partial charge on any atom is -0.457 e. The molecule has 0 fully saturated rings. The zero-order valence-electron chi connectivity index (χ0n) is 37.0. The summed E-state index contributed by atoms with van der Waals surface area (Å²) in [5, 5.41) is 9.63. The second kappa shape index (κ2) is 48.3. The molecule has 322 valence electrons. The third-order valence-electron chi connectivity index (χ3n) is 11.3. The molecule has 0 rings (SSSR count). The van der Waals surface area contributed by atoms with Crippen LogP contribution in [-0.2, 0) is 14.3 Å². The molecule has 54 heavy (non-hydrogen) atoms. The maximum Gasteiger partial charge on any atom is 0.306 e. The number of rotatable bonds is 47. The Balaban J connectivity index is 3.35. The highest BCUT2D eigenvalue weighted by molar-refractivity contribution is 5.69. The molecule has 0 aliphatic carbocycles. The van der Waals surface area contributed by atoms with Crippen LogP contribution in [0.1, 0.15) is 277 Å². The van der Waals surface area contributed by atoms with Crippen molar-refractivity contribution in [1.29, 1.82) is 0 Å². The molecule has 0 aliphatic heterocycles. The molecule has 0 aliphatic rings. The van der Waals surface area contributed by atoms with E-state index in [0.717, 1.165) is 19.3 Å². The first-order valence-corrected chi connectivity index (χ1v) is 24.8. The van der Waals surface area contributed by atoms with Gasteiger partial charge in [0.2, 0.25) is 0 Å². The Kier molecular flexibility index (Phi) is 47.5. The van der Waals surface area contributed by atoms with Crippen LogP contribution in [0.3, 0.4) is 0 Å². The lowest BCUT2D eigenvalue weighted by atomic mass is 10.0.